The molecule has 0 bridgehead atoms. The predicted octanol–water partition coefficient (Wildman–Crippen LogP) is 1.01. The maximum atomic E-state index is 4.16. The molecule has 1 aromatic heterocycles. The predicted molar refractivity (Wildman–Crippen MR) is 45.5 cm³/mol. The van der Waals surface area contributed by atoms with E-state index in [2.05, 4.69) is 31.0 Å². The lowest BCUT2D eigenvalue weighted by Gasteiger charge is -2.16. The smallest absolute Gasteiger partial charge is 0.0617 e. The maximum absolute atomic E-state index is 4.16. The second-order valence-corrected chi connectivity index (χ2v) is 3.10. The van der Waals surface area contributed by atoms with Crippen molar-refractivity contribution in [1.29, 1.82) is 0 Å². The minimum absolute atomic E-state index is 0.458. The molecule has 0 aliphatic rings. The van der Waals surface area contributed by atoms with Crippen LogP contribution in [0, 0.1) is 0 Å². The van der Waals surface area contributed by atoms with Crippen LogP contribution in [0.5, 0.6) is 0 Å². The van der Waals surface area contributed by atoms with Crippen molar-refractivity contribution in [2.75, 3.05) is 20.6 Å². The molecule has 3 nitrogen and oxygen atoms in total. The van der Waals surface area contributed by atoms with Crippen LogP contribution in [0.25, 0.3) is 0 Å². The summed E-state index contributed by atoms with van der Waals surface area (Å²) in [5.41, 5.74) is 0. The van der Waals surface area contributed by atoms with Crippen LogP contribution < -0.4 is 0 Å². The van der Waals surface area contributed by atoms with E-state index in [0.29, 0.717) is 6.04 Å². The van der Waals surface area contributed by atoms with E-state index >= 15 is 0 Å². The van der Waals surface area contributed by atoms with E-state index in [9.17, 15) is 0 Å². The van der Waals surface area contributed by atoms with Gasteiger partial charge in [0.1, 0.15) is 0 Å². The molecule has 0 amide bonds. The molecule has 0 saturated carbocycles. The van der Waals surface area contributed by atoms with E-state index in [4.69, 9.17) is 0 Å². The fourth-order valence-electron chi connectivity index (χ4n) is 1.15. The molecule has 0 fully saturated rings. The Bertz CT molecular complexity index is 191. The van der Waals surface area contributed by atoms with Gasteiger partial charge in [0.25, 0.3) is 0 Å². The van der Waals surface area contributed by atoms with E-state index in [1.807, 2.05) is 23.1 Å². The van der Waals surface area contributed by atoms with Crippen molar-refractivity contribution in [2.24, 2.45) is 0 Å². The quantitative estimate of drug-likeness (QED) is 0.646. The first kappa shape index (κ1) is 8.27. The monoisotopic (exact) mass is 153 g/mol. The van der Waals surface area contributed by atoms with Crippen molar-refractivity contribution in [2.45, 2.75) is 13.0 Å². The number of aromatic nitrogens is 2. The summed E-state index contributed by atoms with van der Waals surface area (Å²) in [6, 6.07) is 2.41. The first-order chi connectivity index (χ1) is 5.20. The largest absolute Gasteiger partial charge is 0.307 e. The Morgan fingerprint density at radius 1 is 1.55 bits per heavy atom. The molecule has 0 aliphatic heterocycles. The van der Waals surface area contributed by atoms with E-state index in [1.54, 1.807) is 0 Å². The van der Waals surface area contributed by atoms with Crippen LogP contribution in [0.2, 0.25) is 0 Å². The molecule has 0 N–H and O–H groups in total. The molecule has 0 spiro atoms. The van der Waals surface area contributed by atoms with Gasteiger partial charge in [-0.1, -0.05) is 0 Å². The highest BCUT2D eigenvalue weighted by molar-refractivity contribution is 4.80. The molecule has 1 aromatic rings. The Morgan fingerprint density at radius 3 is 2.73 bits per heavy atom. The Hall–Kier alpha value is -0.830. The van der Waals surface area contributed by atoms with Gasteiger partial charge >= 0.3 is 0 Å². The zero-order chi connectivity index (χ0) is 8.27. The summed E-state index contributed by atoms with van der Waals surface area (Å²) in [7, 11) is 4.14. The van der Waals surface area contributed by atoms with Crippen molar-refractivity contribution in [1.82, 2.24) is 14.7 Å². The van der Waals surface area contributed by atoms with E-state index < -0.39 is 0 Å². The third-order valence-corrected chi connectivity index (χ3v) is 1.61. The molecule has 1 rings (SSSR count). The topological polar surface area (TPSA) is 21.1 Å². The fourth-order valence-corrected chi connectivity index (χ4v) is 1.15. The van der Waals surface area contributed by atoms with Crippen LogP contribution in [-0.4, -0.2) is 35.3 Å². The van der Waals surface area contributed by atoms with Gasteiger partial charge in [0.15, 0.2) is 0 Å². The SMILES string of the molecule is CC(CN(C)C)n1cccn1. The number of likely N-dealkylation sites (N-methyl/N-ethyl adjacent to an activating group) is 1. The number of hydrogen-bond donors (Lipinski definition) is 0. The highest BCUT2D eigenvalue weighted by Crippen LogP contribution is 2.02. The van der Waals surface area contributed by atoms with Gasteiger partial charge in [-0.15, -0.1) is 0 Å². The van der Waals surface area contributed by atoms with Crippen LogP contribution in [0.4, 0.5) is 0 Å². The number of rotatable bonds is 3. The summed E-state index contributed by atoms with van der Waals surface area (Å²) in [4.78, 5) is 2.16. The third kappa shape index (κ3) is 2.35. The zero-order valence-electron chi connectivity index (χ0n) is 7.36. The second-order valence-electron chi connectivity index (χ2n) is 3.10. The van der Waals surface area contributed by atoms with Gasteiger partial charge < -0.3 is 4.90 Å². The van der Waals surface area contributed by atoms with Gasteiger partial charge in [-0.05, 0) is 27.1 Å². The fraction of sp³-hybridized carbons (Fsp3) is 0.625. The lowest BCUT2D eigenvalue weighted by molar-refractivity contribution is 0.322. The molecule has 1 heterocycles. The standard InChI is InChI=1S/C8H15N3/c1-8(7-10(2)3)11-6-4-5-9-11/h4-6,8H,7H2,1-3H3. The van der Waals surface area contributed by atoms with Crippen molar-refractivity contribution in [3.05, 3.63) is 18.5 Å². The summed E-state index contributed by atoms with van der Waals surface area (Å²) in [5, 5.41) is 4.16. The Kier molecular flexibility index (Phi) is 2.65. The lowest BCUT2D eigenvalue weighted by Crippen LogP contribution is -2.22. The first-order valence-electron chi connectivity index (χ1n) is 3.84. The third-order valence-electron chi connectivity index (χ3n) is 1.61. The van der Waals surface area contributed by atoms with Gasteiger partial charge in [0.05, 0.1) is 6.04 Å². The normalized spacial score (nSPS) is 13.8. The van der Waals surface area contributed by atoms with Crippen LogP contribution >= 0.6 is 0 Å². The highest BCUT2D eigenvalue weighted by atomic mass is 15.3. The molecule has 0 aliphatic carbocycles. The summed E-state index contributed by atoms with van der Waals surface area (Å²) < 4.78 is 1.97. The van der Waals surface area contributed by atoms with Crippen LogP contribution in [0.3, 0.4) is 0 Å². The van der Waals surface area contributed by atoms with Gasteiger partial charge in [0, 0.05) is 18.9 Å². The Balaban J connectivity index is 2.49. The molecule has 0 radical (unpaired) electrons. The van der Waals surface area contributed by atoms with E-state index in [-0.39, 0.29) is 0 Å². The van der Waals surface area contributed by atoms with Crippen molar-refractivity contribution in [3.63, 3.8) is 0 Å². The number of hydrogen-bond acceptors (Lipinski definition) is 2. The summed E-state index contributed by atoms with van der Waals surface area (Å²) in [5.74, 6) is 0. The number of nitrogens with zero attached hydrogens (tertiary/aromatic N) is 3. The van der Waals surface area contributed by atoms with Gasteiger partial charge in [-0.3, -0.25) is 4.68 Å². The molecular formula is C8H15N3. The molecule has 11 heavy (non-hydrogen) atoms. The Morgan fingerprint density at radius 2 is 2.27 bits per heavy atom. The minimum atomic E-state index is 0.458. The van der Waals surface area contributed by atoms with Crippen molar-refractivity contribution >= 4 is 0 Å². The second kappa shape index (κ2) is 3.53. The zero-order valence-corrected chi connectivity index (χ0v) is 7.36. The summed E-state index contributed by atoms with van der Waals surface area (Å²) in [6.45, 7) is 3.19. The van der Waals surface area contributed by atoms with Crippen molar-refractivity contribution < 1.29 is 0 Å². The van der Waals surface area contributed by atoms with E-state index in [1.165, 1.54) is 0 Å². The molecule has 0 aromatic carbocycles. The highest BCUT2D eigenvalue weighted by Gasteiger charge is 2.03. The minimum Gasteiger partial charge on any atom is -0.307 e. The molecular weight excluding hydrogens is 138 g/mol. The van der Waals surface area contributed by atoms with Gasteiger partial charge in [0.2, 0.25) is 0 Å². The van der Waals surface area contributed by atoms with E-state index in [0.717, 1.165) is 6.54 Å². The molecule has 3 heteroatoms. The average molecular weight is 153 g/mol. The average Bonchev–Trinajstić information content (AvgIpc) is 2.35. The first-order valence-corrected chi connectivity index (χ1v) is 3.84. The van der Waals surface area contributed by atoms with Crippen molar-refractivity contribution in [3.8, 4) is 0 Å². The Labute approximate surface area is 67.6 Å². The van der Waals surface area contributed by atoms with Gasteiger partial charge in [-0.2, -0.15) is 5.10 Å². The maximum Gasteiger partial charge on any atom is 0.0617 e. The molecule has 1 atom stereocenters. The molecule has 1 unspecified atom stereocenters. The summed E-state index contributed by atoms with van der Waals surface area (Å²) in [6.07, 6.45) is 3.81. The summed E-state index contributed by atoms with van der Waals surface area (Å²) >= 11 is 0. The van der Waals surface area contributed by atoms with Crippen LogP contribution in [0.15, 0.2) is 18.5 Å². The molecule has 0 saturated heterocycles. The van der Waals surface area contributed by atoms with Crippen LogP contribution in [0.1, 0.15) is 13.0 Å². The molecule has 62 valence electrons. The van der Waals surface area contributed by atoms with Crippen LogP contribution in [-0.2, 0) is 0 Å². The van der Waals surface area contributed by atoms with Gasteiger partial charge in [-0.25, -0.2) is 0 Å². The lowest BCUT2D eigenvalue weighted by atomic mass is 10.3.